The Morgan fingerprint density at radius 2 is 1.28 bits per heavy atom. The third kappa shape index (κ3) is 5.18. The van der Waals surface area contributed by atoms with Crippen molar-refractivity contribution in [3.63, 3.8) is 0 Å². The van der Waals surface area contributed by atoms with Crippen LogP contribution in [0.5, 0.6) is 0 Å². The summed E-state index contributed by atoms with van der Waals surface area (Å²) < 4.78 is 0. The van der Waals surface area contributed by atoms with Crippen LogP contribution in [0.15, 0.2) is 60.7 Å². The van der Waals surface area contributed by atoms with Crippen molar-refractivity contribution in [1.29, 1.82) is 0 Å². The van der Waals surface area contributed by atoms with Gasteiger partial charge in [0.25, 0.3) is 0 Å². The molecule has 2 unspecified atom stereocenters. The number of carbonyl (C=O) groups excluding carboxylic acids is 2. The van der Waals surface area contributed by atoms with Crippen LogP contribution in [0.3, 0.4) is 0 Å². The SMILES string of the molecule is CCC(NC(=O)C(=O)NC(c1ccccc1)C(C)C)c1ccccc1. The summed E-state index contributed by atoms with van der Waals surface area (Å²) in [6, 6.07) is 19.0. The summed E-state index contributed by atoms with van der Waals surface area (Å²) in [5.74, 6) is -1.02. The van der Waals surface area contributed by atoms with Gasteiger partial charge in [-0.1, -0.05) is 81.4 Å². The molecule has 0 aromatic heterocycles. The van der Waals surface area contributed by atoms with E-state index in [0.717, 1.165) is 17.5 Å². The first kappa shape index (κ1) is 18.7. The average Bonchev–Trinajstić information content (AvgIpc) is 2.64. The predicted molar refractivity (Wildman–Crippen MR) is 99.8 cm³/mol. The Kier molecular flexibility index (Phi) is 6.75. The monoisotopic (exact) mass is 338 g/mol. The van der Waals surface area contributed by atoms with Gasteiger partial charge in [-0.2, -0.15) is 0 Å². The molecular weight excluding hydrogens is 312 g/mol. The zero-order valence-corrected chi connectivity index (χ0v) is 15.0. The zero-order valence-electron chi connectivity index (χ0n) is 15.0. The van der Waals surface area contributed by atoms with E-state index >= 15 is 0 Å². The first-order valence-electron chi connectivity index (χ1n) is 8.74. The predicted octanol–water partition coefficient (Wildman–Crippen LogP) is 3.77. The number of nitrogens with one attached hydrogen (secondary N) is 2. The second-order valence-electron chi connectivity index (χ2n) is 6.45. The zero-order chi connectivity index (χ0) is 18.2. The minimum absolute atomic E-state index is 0.173. The highest BCUT2D eigenvalue weighted by Crippen LogP contribution is 2.21. The summed E-state index contributed by atoms with van der Waals surface area (Å²) in [5, 5.41) is 5.69. The van der Waals surface area contributed by atoms with Gasteiger partial charge < -0.3 is 10.6 Å². The minimum Gasteiger partial charge on any atom is -0.341 e. The lowest BCUT2D eigenvalue weighted by Crippen LogP contribution is -2.43. The lowest BCUT2D eigenvalue weighted by atomic mass is 9.96. The largest absolute Gasteiger partial charge is 0.341 e. The highest BCUT2D eigenvalue weighted by atomic mass is 16.2. The van der Waals surface area contributed by atoms with Crippen molar-refractivity contribution in [3.05, 3.63) is 71.8 Å². The lowest BCUT2D eigenvalue weighted by Gasteiger charge is -2.23. The van der Waals surface area contributed by atoms with E-state index in [4.69, 9.17) is 0 Å². The summed E-state index contributed by atoms with van der Waals surface area (Å²) in [5.41, 5.74) is 1.99. The van der Waals surface area contributed by atoms with E-state index in [2.05, 4.69) is 10.6 Å². The number of rotatable bonds is 6. The summed E-state index contributed by atoms with van der Waals surface area (Å²) in [6.07, 6.45) is 0.718. The summed E-state index contributed by atoms with van der Waals surface area (Å²) in [4.78, 5) is 24.7. The van der Waals surface area contributed by atoms with Crippen molar-refractivity contribution < 1.29 is 9.59 Å². The van der Waals surface area contributed by atoms with E-state index in [1.54, 1.807) is 0 Å². The molecular formula is C21H26N2O2. The molecule has 0 aliphatic rings. The molecule has 2 rings (SSSR count). The molecule has 0 aliphatic heterocycles. The molecule has 2 aromatic rings. The molecule has 0 radical (unpaired) electrons. The first-order valence-corrected chi connectivity index (χ1v) is 8.74. The smallest absolute Gasteiger partial charge is 0.309 e. The van der Waals surface area contributed by atoms with Crippen LogP contribution in [-0.4, -0.2) is 11.8 Å². The Labute approximate surface area is 149 Å². The van der Waals surface area contributed by atoms with Crippen molar-refractivity contribution in [1.82, 2.24) is 10.6 Å². The highest BCUT2D eigenvalue weighted by Gasteiger charge is 2.24. The van der Waals surface area contributed by atoms with Gasteiger partial charge in [-0.15, -0.1) is 0 Å². The van der Waals surface area contributed by atoms with Crippen LogP contribution in [0.2, 0.25) is 0 Å². The molecule has 0 fully saturated rings. The van der Waals surface area contributed by atoms with Gasteiger partial charge in [-0.3, -0.25) is 9.59 Å². The van der Waals surface area contributed by atoms with Crippen molar-refractivity contribution in [3.8, 4) is 0 Å². The van der Waals surface area contributed by atoms with Gasteiger partial charge in [0.15, 0.2) is 0 Å². The van der Waals surface area contributed by atoms with E-state index < -0.39 is 11.8 Å². The number of benzene rings is 2. The number of hydrogen-bond acceptors (Lipinski definition) is 2. The van der Waals surface area contributed by atoms with Crippen LogP contribution in [0, 0.1) is 5.92 Å². The number of hydrogen-bond donors (Lipinski definition) is 2. The summed E-state index contributed by atoms with van der Waals surface area (Å²) in [7, 11) is 0. The van der Waals surface area contributed by atoms with Gasteiger partial charge >= 0.3 is 11.8 Å². The molecule has 0 spiro atoms. The van der Waals surface area contributed by atoms with Gasteiger partial charge in [0.2, 0.25) is 0 Å². The van der Waals surface area contributed by atoms with Crippen LogP contribution in [0.1, 0.15) is 50.4 Å². The van der Waals surface area contributed by atoms with Crippen molar-refractivity contribution in [2.24, 2.45) is 5.92 Å². The Hall–Kier alpha value is -2.62. The third-order valence-electron chi connectivity index (χ3n) is 4.23. The van der Waals surface area contributed by atoms with Crippen LogP contribution < -0.4 is 10.6 Å². The molecule has 2 amide bonds. The Balaban J connectivity index is 2.04. The molecule has 2 aromatic carbocycles. The minimum atomic E-state index is -0.600. The molecule has 0 saturated carbocycles. The lowest BCUT2D eigenvalue weighted by molar-refractivity contribution is -0.140. The Morgan fingerprint density at radius 3 is 1.76 bits per heavy atom. The summed E-state index contributed by atoms with van der Waals surface area (Å²) >= 11 is 0. The molecule has 2 N–H and O–H groups in total. The van der Waals surface area contributed by atoms with Gasteiger partial charge in [-0.25, -0.2) is 0 Å². The maximum Gasteiger partial charge on any atom is 0.309 e. The second-order valence-corrected chi connectivity index (χ2v) is 6.45. The standard InChI is InChI=1S/C21H26N2O2/c1-4-18(16-11-7-5-8-12-16)22-20(24)21(25)23-19(15(2)3)17-13-9-6-10-14-17/h5-15,18-19H,4H2,1-3H3,(H,22,24)(H,23,25). The number of carbonyl (C=O) groups is 2. The maximum atomic E-state index is 12.4. The van der Waals surface area contributed by atoms with Crippen LogP contribution in [-0.2, 0) is 9.59 Å². The van der Waals surface area contributed by atoms with Crippen molar-refractivity contribution >= 4 is 11.8 Å². The topological polar surface area (TPSA) is 58.2 Å². The number of amides is 2. The van der Waals surface area contributed by atoms with Crippen molar-refractivity contribution in [2.45, 2.75) is 39.3 Å². The molecule has 4 heteroatoms. The normalized spacial score (nSPS) is 13.1. The summed E-state index contributed by atoms with van der Waals surface area (Å²) in [6.45, 7) is 6.03. The molecule has 132 valence electrons. The highest BCUT2D eigenvalue weighted by molar-refractivity contribution is 6.35. The van der Waals surface area contributed by atoms with Gasteiger partial charge in [0.1, 0.15) is 0 Å². The molecule has 4 nitrogen and oxygen atoms in total. The van der Waals surface area contributed by atoms with Crippen LogP contribution >= 0.6 is 0 Å². The molecule has 0 aliphatic carbocycles. The molecule has 0 saturated heterocycles. The molecule has 2 atom stereocenters. The van der Waals surface area contributed by atoms with Gasteiger partial charge in [-0.05, 0) is 23.5 Å². The molecule has 0 bridgehead atoms. The van der Waals surface area contributed by atoms with Gasteiger partial charge in [0, 0.05) is 0 Å². The van der Waals surface area contributed by atoms with E-state index in [1.807, 2.05) is 81.4 Å². The second kappa shape index (κ2) is 9.02. The fourth-order valence-electron chi connectivity index (χ4n) is 2.83. The first-order chi connectivity index (χ1) is 12.0. The van der Waals surface area contributed by atoms with Crippen LogP contribution in [0.4, 0.5) is 0 Å². The quantitative estimate of drug-likeness (QED) is 0.788. The Bertz CT molecular complexity index is 684. The fourth-order valence-corrected chi connectivity index (χ4v) is 2.83. The average molecular weight is 338 g/mol. The Morgan fingerprint density at radius 1 is 0.800 bits per heavy atom. The third-order valence-corrected chi connectivity index (χ3v) is 4.23. The van der Waals surface area contributed by atoms with Crippen LogP contribution in [0.25, 0.3) is 0 Å². The van der Waals surface area contributed by atoms with Gasteiger partial charge in [0.05, 0.1) is 12.1 Å². The molecule has 25 heavy (non-hydrogen) atoms. The van der Waals surface area contributed by atoms with E-state index in [9.17, 15) is 9.59 Å². The van der Waals surface area contributed by atoms with E-state index in [-0.39, 0.29) is 18.0 Å². The maximum absolute atomic E-state index is 12.4. The van der Waals surface area contributed by atoms with Crippen molar-refractivity contribution in [2.75, 3.05) is 0 Å². The molecule has 0 heterocycles. The van der Waals surface area contributed by atoms with E-state index in [1.165, 1.54) is 0 Å². The fraction of sp³-hybridized carbons (Fsp3) is 0.333. The van der Waals surface area contributed by atoms with E-state index in [0.29, 0.717) is 0 Å².